The summed E-state index contributed by atoms with van der Waals surface area (Å²) in [5.74, 6) is -0.754. The van der Waals surface area contributed by atoms with E-state index < -0.39 is 12.5 Å². The van der Waals surface area contributed by atoms with Gasteiger partial charge < -0.3 is 10.4 Å². The van der Waals surface area contributed by atoms with Crippen LogP contribution in [0, 0.1) is 11.8 Å². The smallest absolute Gasteiger partial charge is 0.319 e. The predicted molar refractivity (Wildman–Crippen MR) is 68.3 cm³/mol. The SMILES string of the molecule is O=C(O)C1CCCCC1CNCc1nccn1C(F)F. The number of hydrogen-bond acceptors (Lipinski definition) is 3. The average molecular weight is 287 g/mol. The molecule has 0 aliphatic heterocycles. The lowest BCUT2D eigenvalue weighted by Crippen LogP contribution is -2.34. The number of aliphatic carboxylic acids is 1. The maximum atomic E-state index is 12.6. The van der Waals surface area contributed by atoms with Crippen molar-refractivity contribution in [2.45, 2.75) is 38.8 Å². The quantitative estimate of drug-likeness (QED) is 0.842. The molecule has 1 saturated carbocycles. The Hall–Kier alpha value is -1.50. The molecular formula is C13H19F2N3O2. The molecule has 7 heteroatoms. The Morgan fingerprint density at radius 1 is 1.50 bits per heavy atom. The van der Waals surface area contributed by atoms with Crippen molar-refractivity contribution in [1.29, 1.82) is 0 Å². The standard InChI is InChI=1S/C13H19F2N3O2/c14-13(15)18-6-5-17-11(18)8-16-7-9-3-1-2-4-10(9)12(19)20/h5-6,9-10,13,16H,1-4,7-8H2,(H,19,20). The highest BCUT2D eigenvalue weighted by molar-refractivity contribution is 5.70. The largest absolute Gasteiger partial charge is 0.481 e. The number of halogens is 2. The molecule has 0 amide bonds. The van der Waals surface area contributed by atoms with Gasteiger partial charge in [-0.15, -0.1) is 0 Å². The summed E-state index contributed by atoms with van der Waals surface area (Å²) in [6.07, 6.45) is 6.12. The van der Waals surface area contributed by atoms with Crippen LogP contribution >= 0.6 is 0 Å². The van der Waals surface area contributed by atoms with Gasteiger partial charge in [0.25, 0.3) is 0 Å². The molecule has 2 unspecified atom stereocenters. The molecule has 20 heavy (non-hydrogen) atoms. The first-order valence-electron chi connectivity index (χ1n) is 6.83. The summed E-state index contributed by atoms with van der Waals surface area (Å²) < 4.78 is 26.1. The van der Waals surface area contributed by atoms with Crippen LogP contribution in [0.15, 0.2) is 12.4 Å². The topological polar surface area (TPSA) is 67.2 Å². The molecule has 1 aromatic rings. The summed E-state index contributed by atoms with van der Waals surface area (Å²) in [6, 6.07) is 0. The van der Waals surface area contributed by atoms with E-state index in [1.807, 2.05) is 0 Å². The van der Waals surface area contributed by atoms with Gasteiger partial charge >= 0.3 is 12.5 Å². The molecule has 2 N–H and O–H groups in total. The van der Waals surface area contributed by atoms with Crippen LogP contribution in [0.2, 0.25) is 0 Å². The number of nitrogens with zero attached hydrogens (tertiary/aromatic N) is 2. The summed E-state index contributed by atoms with van der Waals surface area (Å²) in [6.45, 7) is -1.86. The Kier molecular flexibility index (Phi) is 5.05. The van der Waals surface area contributed by atoms with Crippen LogP contribution in [0.1, 0.15) is 38.1 Å². The van der Waals surface area contributed by atoms with Gasteiger partial charge in [0.05, 0.1) is 12.5 Å². The lowest BCUT2D eigenvalue weighted by Gasteiger charge is -2.28. The third-order valence-corrected chi connectivity index (χ3v) is 3.88. The molecule has 0 saturated heterocycles. The fourth-order valence-electron chi connectivity index (χ4n) is 2.81. The van der Waals surface area contributed by atoms with E-state index >= 15 is 0 Å². The molecule has 1 fully saturated rings. The molecule has 0 aromatic carbocycles. The van der Waals surface area contributed by atoms with Crippen LogP contribution in [0.4, 0.5) is 8.78 Å². The Labute approximate surface area is 116 Å². The fourth-order valence-corrected chi connectivity index (χ4v) is 2.81. The minimum absolute atomic E-state index is 0.0659. The van der Waals surface area contributed by atoms with E-state index in [2.05, 4.69) is 10.3 Å². The van der Waals surface area contributed by atoms with Gasteiger partial charge in [-0.3, -0.25) is 9.36 Å². The second-order valence-corrected chi connectivity index (χ2v) is 5.15. The third kappa shape index (κ3) is 3.53. The molecule has 1 aromatic heterocycles. The highest BCUT2D eigenvalue weighted by Crippen LogP contribution is 2.29. The maximum Gasteiger partial charge on any atom is 0.319 e. The molecular weight excluding hydrogens is 268 g/mol. The summed E-state index contributed by atoms with van der Waals surface area (Å²) >= 11 is 0. The zero-order valence-corrected chi connectivity index (χ0v) is 11.1. The monoisotopic (exact) mass is 287 g/mol. The number of nitrogens with one attached hydrogen (secondary N) is 1. The van der Waals surface area contributed by atoms with Gasteiger partial charge in [-0.2, -0.15) is 8.78 Å². The van der Waals surface area contributed by atoms with Crippen molar-refractivity contribution >= 4 is 5.97 Å². The Balaban J connectivity index is 1.85. The van der Waals surface area contributed by atoms with Crippen molar-refractivity contribution in [2.24, 2.45) is 11.8 Å². The van der Waals surface area contributed by atoms with Crippen LogP contribution < -0.4 is 5.32 Å². The number of aromatic nitrogens is 2. The van der Waals surface area contributed by atoms with Gasteiger partial charge in [-0.25, -0.2) is 4.98 Å². The van der Waals surface area contributed by atoms with Crippen molar-refractivity contribution in [3.8, 4) is 0 Å². The zero-order valence-electron chi connectivity index (χ0n) is 11.1. The highest BCUT2D eigenvalue weighted by atomic mass is 19.3. The zero-order chi connectivity index (χ0) is 14.5. The molecule has 1 aliphatic carbocycles. The van der Waals surface area contributed by atoms with E-state index in [4.69, 9.17) is 5.11 Å². The third-order valence-electron chi connectivity index (χ3n) is 3.88. The van der Waals surface area contributed by atoms with E-state index in [-0.39, 0.29) is 24.2 Å². The van der Waals surface area contributed by atoms with E-state index in [1.165, 1.54) is 12.4 Å². The Morgan fingerprint density at radius 2 is 2.25 bits per heavy atom. The van der Waals surface area contributed by atoms with Crippen LogP contribution in [0.25, 0.3) is 0 Å². The minimum Gasteiger partial charge on any atom is -0.481 e. The second kappa shape index (κ2) is 6.78. The second-order valence-electron chi connectivity index (χ2n) is 5.15. The fraction of sp³-hybridized carbons (Fsp3) is 0.692. The van der Waals surface area contributed by atoms with Gasteiger partial charge in [-0.1, -0.05) is 12.8 Å². The molecule has 0 bridgehead atoms. The minimum atomic E-state index is -2.60. The normalized spacial score (nSPS) is 23.1. The van der Waals surface area contributed by atoms with Gasteiger partial charge in [0.1, 0.15) is 5.82 Å². The summed E-state index contributed by atoms with van der Waals surface area (Å²) in [5, 5.41) is 12.2. The van der Waals surface area contributed by atoms with Gasteiger partial charge in [0.2, 0.25) is 0 Å². The number of carboxylic acid groups (broad SMARTS) is 1. The summed E-state index contributed by atoms with van der Waals surface area (Å²) in [4.78, 5) is 15.0. The lowest BCUT2D eigenvalue weighted by atomic mass is 9.79. The number of carbonyl (C=O) groups is 1. The number of imidazole rings is 1. The molecule has 0 radical (unpaired) electrons. The van der Waals surface area contributed by atoms with E-state index in [1.54, 1.807) is 0 Å². The number of hydrogen-bond donors (Lipinski definition) is 2. The lowest BCUT2D eigenvalue weighted by molar-refractivity contribution is -0.144. The highest BCUT2D eigenvalue weighted by Gasteiger charge is 2.30. The Morgan fingerprint density at radius 3 is 2.95 bits per heavy atom. The molecule has 112 valence electrons. The van der Waals surface area contributed by atoms with Crippen LogP contribution in [0.3, 0.4) is 0 Å². The number of alkyl halides is 2. The van der Waals surface area contributed by atoms with Crippen LogP contribution in [-0.2, 0) is 11.3 Å². The first kappa shape index (κ1) is 14.9. The van der Waals surface area contributed by atoms with Gasteiger partial charge in [0.15, 0.2) is 0 Å². The molecule has 2 atom stereocenters. The van der Waals surface area contributed by atoms with Crippen molar-refractivity contribution in [3.63, 3.8) is 0 Å². The van der Waals surface area contributed by atoms with Crippen LogP contribution in [0.5, 0.6) is 0 Å². The van der Waals surface area contributed by atoms with E-state index in [0.717, 1.165) is 23.8 Å². The van der Waals surface area contributed by atoms with Crippen molar-refractivity contribution in [2.75, 3.05) is 6.54 Å². The summed E-state index contributed by atoms with van der Waals surface area (Å²) in [7, 11) is 0. The molecule has 2 rings (SSSR count). The molecule has 1 aliphatic rings. The maximum absolute atomic E-state index is 12.6. The molecule has 1 heterocycles. The van der Waals surface area contributed by atoms with Crippen molar-refractivity contribution in [1.82, 2.24) is 14.9 Å². The molecule has 5 nitrogen and oxygen atoms in total. The van der Waals surface area contributed by atoms with E-state index in [9.17, 15) is 13.6 Å². The number of rotatable bonds is 6. The first-order valence-corrected chi connectivity index (χ1v) is 6.83. The van der Waals surface area contributed by atoms with Gasteiger partial charge in [0, 0.05) is 12.4 Å². The van der Waals surface area contributed by atoms with Crippen LogP contribution in [-0.4, -0.2) is 27.2 Å². The van der Waals surface area contributed by atoms with Gasteiger partial charge in [-0.05, 0) is 25.3 Å². The summed E-state index contributed by atoms with van der Waals surface area (Å²) in [5.41, 5.74) is 0. The van der Waals surface area contributed by atoms with Crippen molar-refractivity contribution < 1.29 is 18.7 Å². The first-order chi connectivity index (χ1) is 9.59. The number of carboxylic acids is 1. The predicted octanol–water partition coefficient (Wildman–Crippen LogP) is 2.26. The Bertz CT molecular complexity index is 451. The average Bonchev–Trinajstić information content (AvgIpc) is 2.87. The van der Waals surface area contributed by atoms with Crippen molar-refractivity contribution in [3.05, 3.63) is 18.2 Å². The van der Waals surface area contributed by atoms with E-state index in [0.29, 0.717) is 13.0 Å². The molecule has 0 spiro atoms.